The molecule has 2 aromatic carbocycles. The zero-order valence-corrected chi connectivity index (χ0v) is 19.0. The predicted octanol–water partition coefficient (Wildman–Crippen LogP) is 4.35. The van der Waals surface area contributed by atoms with Crippen LogP contribution in [0.2, 0.25) is 5.02 Å². The summed E-state index contributed by atoms with van der Waals surface area (Å²) in [5.41, 5.74) is 1.70. The highest BCUT2D eigenvalue weighted by Gasteiger charge is 2.33. The Morgan fingerprint density at radius 3 is 2.75 bits per heavy atom. The van der Waals surface area contributed by atoms with Gasteiger partial charge >= 0.3 is 0 Å². The fraction of sp³-hybridized carbons (Fsp3) is 0.182. The molecular formula is C22H18ClN3O4S2. The maximum atomic E-state index is 11.7. The smallest absolute Gasteiger partial charge is 0.238 e. The van der Waals surface area contributed by atoms with Gasteiger partial charge in [0.25, 0.3) is 0 Å². The lowest BCUT2D eigenvalue weighted by molar-refractivity contribution is 0.173. The molecule has 2 aromatic heterocycles. The van der Waals surface area contributed by atoms with Gasteiger partial charge in [-0.05, 0) is 35.9 Å². The second-order valence-corrected chi connectivity index (χ2v) is 10.3. The Morgan fingerprint density at radius 1 is 1.12 bits per heavy atom. The minimum atomic E-state index is -3.85. The summed E-state index contributed by atoms with van der Waals surface area (Å²) >= 11 is 8.09. The number of ether oxygens (including phenoxy) is 2. The standard InChI is InChI=1S/C22H18ClN3O4S2/c23-15-5-2-1-4-14(15)20(22-26-16-6-3-10-25-21(16)31-22)18-9-11-29-19-12-13(32(24,27)28)7-8-17(19)30-18/h1-8,10,12,18,20H,9,11H2,(H2,24,27,28)/t18?,20-/m0/s1. The number of benzene rings is 2. The average molecular weight is 488 g/mol. The van der Waals surface area contributed by atoms with E-state index in [1.165, 1.54) is 23.5 Å². The summed E-state index contributed by atoms with van der Waals surface area (Å²) in [5.74, 6) is 0.509. The maximum absolute atomic E-state index is 11.7. The van der Waals surface area contributed by atoms with E-state index in [2.05, 4.69) is 4.98 Å². The zero-order chi connectivity index (χ0) is 22.3. The third-order valence-electron chi connectivity index (χ3n) is 5.24. The molecule has 7 nitrogen and oxygen atoms in total. The molecule has 1 aliphatic heterocycles. The van der Waals surface area contributed by atoms with Crippen LogP contribution in [0, 0.1) is 0 Å². The molecule has 1 unspecified atom stereocenters. The van der Waals surface area contributed by atoms with Crippen LogP contribution in [0.5, 0.6) is 11.5 Å². The number of hydrogen-bond donors (Lipinski definition) is 1. The van der Waals surface area contributed by atoms with Crippen molar-refractivity contribution >= 4 is 43.3 Å². The van der Waals surface area contributed by atoms with Gasteiger partial charge in [0.05, 0.1) is 17.4 Å². The molecule has 4 aromatic rings. The molecule has 0 spiro atoms. The van der Waals surface area contributed by atoms with Crippen LogP contribution in [0.4, 0.5) is 0 Å². The van der Waals surface area contributed by atoms with Crippen LogP contribution < -0.4 is 14.6 Å². The topological polar surface area (TPSA) is 104 Å². The lowest BCUT2D eigenvalue weighted by Crippen LogP contribution is -2.27. The first-order valence-electron chi connectivity index (χ1n) is 9.82. The van der Waals surface area contributed by atoms with Crippen LogP contribution in [0.1, 0.15) is 22.9 Å². The number of thiazole rings is 1. The monoisotopic (exact) mass is 487 g/mol. The Labute approximate surface area is 193 Å². The van der Waals surface area contributed by atoms with Crippen molar-refractivity contribution in [1.29, 1.82) is 0 Å². The van der Waals surface area contributed by atoms with Gasteiger partial charge in [-0.3, -0.25) is 0 Å². The number of primary sulfonamides is 1. The zero-order valence-electron chi connectivity index (χ0n) is 16.6. The largest absolute Gasteiger partial charge is 0.490 e. The first kappa shape index (κ1) is 21.1. The highest BCUT2D eigenvalue weighted by atomic mass is 35.5. The number of nitrogens with zero attached hydrogens (tertiary/aromatic N) is 2. The molecule has 0 radical (unpaired) electrons. The maximum Gasteiger partial charge on any atom is 0.238 e. The van der Waals surface area contributed by atoms with Gasteiger partial charge in [-0.1, -0.05) is 41.1 Å². The highest BCUT2D eigenvalue weighted by molar-refractivity contribution is 7.89. The Balaban J connectivity index is 1.59. The van der Waals surface area contributed by atoms with Gasteiger partial charge < -0.3 is 9.47 Å². The molecular weight excluding hydrogens is 470 g/mol. The van der Waals surface area contributed by atoms with E-state index in [1.54, 1.807) is 12.3 Å². The van der Waals surface area contributed by atoms with Crippen LogP contribution in [-0.4, -0.2) is 31.1 Å². The molecule has 0 saturated carbocycles. The summed E-state index contributed by atoms with van der Waals surface area (Å²) in [6, 6.07) is 15.8. The fourth-order valence-electron chi connectivity index (χ4n) is 3.76. The Morgan fingerprint density at radius 2 is 1.97 bits per heavy atom. The molecule has 0 aliphatic carbocycles. The Kier molecular flexibility index (Phi) is 5.50. The van der Waals surface area contributed by atoms with Crippen molar-refractivity contribution in [2.45, 2.75) is 23.3 Å². The van der Waals surface area contributed by atoms with Crippen molar-refractivity contribution in [2.75, 3.05) is 6.61 Å². The lowest BCUT2D eigenvalue weighted by atomic mass is 9.92. The number of rotatable bonds is 4. The fourth-order valence-corrected chi connectivity index (χ4v) is 5.62. The van der Waals surface area contributed by atoms with Gasteiger partial charge in [0.15, 0.2) is 11.5 Å². The van der Waals surface area contributed by atoms with E-state index in [4.69, 9.17) is 31.2 Å². The predicted molar refractivity (Wildman–Crippen MR) is 123 cm³/mol. The summed E-state index contributed by atoms with van der Waals surface area (Å²) in [5, 5.41) is 6.71. The molecule has 1 aliphatic rings. The number of aromatic nitrogens is 2. The minimum Gasteiger partial charge on any atom is -0.490 e. The molecule has 0 amide bonds. The van der Waals surface area contributed by atoms with Crippen molar-refractivity contribution in [1.82, 2.24) is 9.97 Å². The number of nitrogens with two attached hydrogens (primary N) is 1. The summed E-state index contributed by atoms with van der Waals surface area (Å²) in [6.07, 6.45) is 1.93. The Hall–Kier alpha value is -2.72. The number of fused-ring (bicyclic) bond motifs is 2. The van der Waals surface area contributed by atoms with Gasteiger partial charge in [0.2, 0.25) is 10.0 Å². The first-order chi connectivity index (χ1) is 15.4. The minimum absolute atomic E-state index is 0.0294. The molecule has 0 fully saturated rings. The molecule has 3 heterocycles. The molecule has 5 rings (SSSR count). The Bertz CT molecular complexity index is 1370. The van der Waals surface area contributed by atoms with Crippen molar-refractivity contribution in [2.24, 2.45) is 5.14 Å². The normalized spacial score (nSPS) is 17.1. The summed E-state index contributed by atoms with van der Waals surface area (Å²) in [6.45, 7) is 0.329. The molecule has 2 atom stereocenters. The quantitative estimate of drug-likeness (QED) is 0.458. The molecule has 32 heavy (non-hydrogen) atoms. The molecule has 10 heteroatoms. The average Bonchev–Trinajstić information content (AvgIpc) is 3.07. The van der Waals surface area contributed by atoms with Gasteiger partial charge in [-0.2, -0.15) is 0 Å². The number of hydrogen-bond acceptors (Lipinski definition) is 7. The van der Waals surface area contributed by atoms with Gasteiger partial charge in [0, 0.05) is 23.7 Å². The van der Waals surface area contributed by atoms with Crippen LogP contribution in [0.25, 0.3) is 10.3 Å². The van der Waals surface area contributed by atoms with E-state index >= 15 is 0 Å². The van der Waals surface area contributed by atoms with Gasteiger partial charge in [-0.25, -0.2) is 23.5 Å². The van der Waals surface area contributed by atoms with Crippen LogP contribution in [-0.2, 0) is 10.0 Å². The molecule has 0 bridgehead atoms. The summed E-state index contributed by atoms with van der Waals surface area (Å²) in [7, 11) is -3.85. The van der Waals surface area contributed by atoms with E-state index in [-0.39, 0.29) is 16.9 Å². The second-order valence-electron chi connectivity index (χ2n) is 7.33. The van der Waals surface area contributed by atoms with Crippen molar-refractivity contribution in [3.63, 3.8) is 0 Å². The number of pyridine rings is 1. The van der Waals surface area contributed by atoms with Crippen LogP contribution in [0.15, 0.2) is 65.7 Å². The van der Waals surface area contributed by atoms with E-state index in [0.717, 1.165) is 20.9 Å². The van der Waals surface area contributed by atoms with Gasteiger partial charge in [0.1, 0.15) is 21.5 Å². The van der Waals surface area contributed by atoms with E-state index in [1.807, 2.05) is 36.4 Å². The number of sulfonamides is 1. The van der Waals surface area contributed by atoms with Crippen LogP contribution >= 0.6 is 22.9 Å². The number of halogens is 1. The molecule has 0 saturated heterocycles. The molecule has 164 valence electrons. The summed E-state index contributed by atoms with van der Waals surface area (Å²) < 4.78 is 35.6. The summed E-state index contributed by atoms with van der Waals surface area (Å²) in [4.78, 5) is 10.0. The van der Waals surface area contributed by atoms with Crippen molar-refractivity contribution in [3.8, 4) is 11.5 Å². The third-order valence-corrected chi connectivity index (χ3v) is 7.56. The third kappa shape index (κ3) is 4.04. The highest BCUT2D eigenvalue weighted by Crippen LogP contribution is 2.42. The van der Waals surface area contributed by atoms with Crippen LogP contribution in [0.3, 0.4) is 0 Å². The van der Waals surface area contributed by atoms with E-state index in [9.17, 15) is 8.42 Å². The van der Waals surface area contributed by atoms with E-state index in [0.29, 0.717) is 29.5 Å². The van der Waals surface area contributed by atoms with Crippen molar-refractivity contribution in [3.05, 3.63) is 76.4 Å². The van der Waals surface area contributed by atoms with E-state index < -0.39 is 10.0 Å². The SMILES string of the molecule is NS(=O)(=O)c1ccc2c(c1)OCCC([C@@H](c1nc3cccnc3s1)c1ccccc1Cl)O2. The van der Waals surface area contributed by atoms with Gasteiger partial charge in [-0.15, -0.1) is 0 Å². The lowest BCUT2D eigenvalue weighted by Gasteiger charge is -2.26. The molecule has 2 N–H and O–H groups in total. The van der Waals surface area contributed by atoms with Crippen molar-refractivity contribution < 1.29 is 17.9 Å². The second kappa shape index (κ2) is 8.32. The first-order valence-corrected chi connectivity index (χ1v) is 12.6.